The fourth-order valence-corrected chi connectivity index (χ4v) is 1.93. The van der Waals surface area contributed by atoms with Crippen LogP contribution in [0.3, 0.4) is 0 Å². The highest BCUT2D eigenvalue weighted by atomic mass is 35.5. The number of nitrogens with two attached hydrogens (primary N) is 1. The first-order chi connectivity index (χ1) is 8.75. The molecule has 1 amide bonds. The van der Waals surface area contributed by atoms with Crippen LogP contribution < -0.4 is 11.1 Å². The minimum atomic E-state index is -0.0736. The number of hydrogen-bond acceptors (Lipinski definition) is 4. The molecule has 5 nitrogen and oxygen atoms in total. The van der Waals surface area contributed by atoms with E-state index in [1.807, 2.05) is 0 Å². The largest absolute Gasteiger partial charge is 0.399 e. The van der Waals surface area contributed by atoms with Gasteiger partial charge < -0.3 is 15.8 Å². The van der Waals surface area contributed by atoms with Crippen molar-refractivity contribution in [1.82, 2.24) is 10.2 Å². The second-order valence-corrected chi connectivity index (χ2v) is 4.34. The molecule has 1 saturated heterocycles. The van der Waals surface area contributed by atoms with Gasteiger partial charge in [0.1, 0.15) is 0 Å². The Morgan fingerprint density at radius 3 is 2.79 bits per heavy atom. The maximum absolute atomic E-state index is 11.8. The summed E-state index contributed by atoms with van der Waals surface area (Å²) in [4.78, 5) is 14.1. The zero-order valence-corrected chi connectivity index (χ0v) is 11.6. The van der Waals surface area contributed by atoms with Crippen molar-refractivity contribution in [1.29, 1.82) is 0 Å². The first-order valence-electron chi connectivity index (χ1n) is 6.19. The molecular formula is C13H20ClN3O2. The molecule has 19 heavy (non-hydrogen) atoms. The van der Waals surface area contributed by atoms with Gasteiger partial charge in [-0.05, 0) is 18.2 Å². The Kier molecular flexibility index (Phi) is 6.62. The molecule has 1 aromatic carbocycles. The lowest BCUT2D eigenvalue weighted by atomic mass is 10.2. The number of nitrogens with zero attached hydrogens (tertiary/aromatic N) is 1. The average Bonchev–Trinajstić information content (AvgIpc) is 2.40. The van der Waals surface area contributed by atoms with Crippen molar-refractivity contribution in [3.8, 4) is 0 Å². The van der Waals surface area contributed by atoms with E-state index in [2.05, 4.69) is 10.2 Å². The smallest absolute Gasteiger partial charge is 0.251 e. The lowest BCUT2D eigenvalue weighted by molar-refractivity contribution is 0.0383. The maximum atomic E-state index is 11.8. The fraction of sp³-hybridized carbons (Fsp3) is 0.462. The number of carbonyl (C=O) groups is 1. The van der Waals surface area contributed by atoms with E-state index in [0.29, 0.717) is 17.8 Å². The Hall–Kier alpha value is -1.30. The highest BCUT2D eigenvalue weighted by Crippen LogP contribution is 2.06. The zero-order valence-electron chi connectivity index (χ0n) is 10.8. The third-order valence-corrected chi connectivity index (χ3v) is 2.97. The van der Waals surface area contributed by atoms with Gasteiger partial charge in [-0.1, -0.05) is 6.07 Å². The summed E-state index contributed by atoms with van der Waals surface area (Å²) in [7, 11) is 0. The predicted octanol–water partition coefficient (Wildman–Crippen LogP) is 0.753. The number of nitrogens with one attached hydrogen (secondary N) is 1. The Labute approximate surface area is 119 Å². The summed E-state index contributed by atoms with van der Waals surface area (Å²) in [6, 6.07) is 7.00. The van der Waals surface area contributed by atoms with Crippen LogP contribution in [0.25, 0.3) is 0 Å². The van der Waals surface area contributed by atoms with Crippen molar-refractivity contribution < 1.29 is 9.53 Å². The van der Waals surface area contributed by atoms with Crippen LogP contribution in [0, 0.1) is 0 Å². The fourth-order valence-electron chi connectivity index (χ4n) is 1.93. The lowest BCUT2D eigenvalue weighted by Gasteiger charge is -2.26. The van der Waals surface area contributed by atoms with Crippen LogP contribution in [-0.2, 0) is 4.74 Å². The normalized spacial score (nSPS) is 15.6. The SMILES string of the molecule is Cl.Nc1cccc(C(=O)NCCN2CCOCC2)c1. The minimum Gasteiger partial charge on any atom is -0.399 e. The molecule has 0 bridgehead atoms. The van der Waals surface area contributed by atoms with Crippen LogP contribution >= 0.6 is 12.4 Å². The van der Waals surface area contributed by atoms with Crippen molar-refractivity contribution >= 4 is 24.0 Å². The van der Waals surface area contributed by atoms with Crippen LogP contribution in [-0.4, -0.2) is 50.2 Å². The molecule has 0 radical (unpaired) electrons. The topological polar surface area (TPSA) is 67.6 Å². The number of halogens is 1. The number of rotatable bonds is 4. The highest BCUT2D eigenvalue weighted by Gasteiger charge is 2.10. The molecular weight excluding hydrogens is 266 g/mol. The van der Waals surface area contributed by atoms with Gasteiger partial charge in [0.15, 0.2) is 0 Å². The van der Waals surface area contributed by atoms with E-state index < -0.39 is 0 Å². The van der Waals surface area contributed by atoms with Gasteiger partial charge in [-0.3, -0.25) is 9.69 Å². The van der Waals surface area contributed by atoms with Crippen molar-refractivity contribution in [2.45, 2.75) is 0 Å². The van der Waals surface area contributed by atoms with Crippen LogP contribution in [0.2, 0.25) is 0 Å². The molecule has 0 aromatic heterocycles. The molecule has 0 atom stereocenters. The van der Waals surface area contributed by atoms with Gasteiger partial charge in [-0.15, -0.1) is 12.4 Å². The summed E-state index contributed by atoms with van der Waals surface area (Å²) < 4.78 is 5.27. The number of carbonyl (C=O) groups excluding carboxylic acids is 1. The number of anilines is 1. The van der Waals surface area contributed by atoms with Crippen LogP contribution in [0.1, 0.15) is 10.4 Å². The number of morpholine rings is 1. The van der Waals surface area contributed by atoms with Gasteiger partial charge in [0.05, 0.1) is 13.2 Å². The molecule has 0 spiro atoms. The molecule has 1 fully saturated rings. The lowest BCUT2D eigenvalue weighted by Crippen LogP contribution is -2.41. The molecule has 0 unspecified atom stereocenters. The van der Waals surface area contributed by atoms with Gasteiger partial charge in [-0.2, -0.15) is 0 Å². The van der Waals surface area contributed by atoms with E-state index in [-0.39, 0.29) is 18.3 Å². The van der Waals surface area contributed by atoms with Gasteiger partial charge in [0, 0.05) is 37.4 Å². The maximum Gasteiger partial charge on any atom is 0.251 e. The number of hydrogen-bond donors (Lipinski definition) is 2. The first-order valence-corrected chi connectivity index (χ1v) is 6.19. The van der Waals surface area contributed by atoms with Gasteiger partial charge >= 0.3 is 0 Å². The molecule has 6 heteroatoms. The summed E-state index contributed by atoms with van der Waals surface area (Å²) >= 11 is 0. The third-order valence-electron chi connectivity index (χ3n) is 2.97. The van der Waals surface area contributed by atoms with Crippen LogP contribution in [0.15, 0.2) is 24.3 Å². The second kappa shape index (κ2) is 7.99. The second-order valence-electron chi connectivity index (χ2n) is 4.34. The molecule has 0 saturated carbocycles. The van der Waals surface area contributed by atoms with Crippen molar-refractivity contribution in [2.24, 2.45) is 0 Å². The molecule has 0 aliphatic carbocycles. The monoisotopic (exact) mass is 285 g/mol. The molecule has 3 N–H and O–H groups in total. The van der Waals surface area contributed by atoms with Gasteiger partial charge in [0.25, 0.3) is 5.91 Å². The van der Waals surface area contributed by atoms with Crippen LogP contribution in [0.5, 0.6) is 0 Å². The summed E-state index contributed by atoms with van der Waals surface area (Å²) in [6.07, 6.45) is 0. The number of nitrogen functional groups attached to an aromatic ring is 1. The Morgan fingerprint density at radius 1 is 1.37 bits per heavy atom. The van der Waals surface area contributed by atoms with Crippen molar-refractivity contribution in [2.75, 3.05) is 45.1 Å². The standard InChI is InChI=1S/C13H19N3O2.ClH/c14-12-3-1-2-11(10-12)13(17)15-4-5-16-6-8-18-9-7-16;/h1-3,10H,4-9,14H2,(H,15,17);1H. The zero-order chi connectivity index (χ0) is 12.8. The van der Waals surface area contributed by atoms with E-state index >= 15 is 0 Å². The Bertz CT molecular complexity index is 409. The molecule has 1 aliphatic rings. The van der Waals surface area contributed by atoms with Gasteiger partial charge in [-0.25, -0.2) is 0 Å². The minimum absolute atomic E-state index is 0. The van der Waals surface area contributed by atoms with E-state index in [9.17, 15) is 4.79 Å². The third kappa shape index (κ3) is 5.06. The predicted molar refractivity (Wildman–Crippen MR) is 77.7 cm³/mol. The van der Waals surface area contributed by atoms with E-state index in [0.717, 1.165) is 32.8 Å². The van der Waals surface area contributed by atoms with Crippen molar-refractivity contribution in [3.63, 3.8) is 0 Å². The molecule has 1 aliphatic heterocycles. The highest BCUT2D eigenvalue weighted by molar-refractivity contribution is 5.94. The first kappa shape index (κ1) is 15.8. The molecule has 2 rings (SSSR count). The summed E-state index contributed by atoms with van der Waals surface area (Å²) in [5.41, 5.74) is 6.86. The van der Waals surface area contributed by atoms with E-state index in [1.54, 1.807) is 24.3 Å². The van der Waals surface area contributed by atoms with Crippen LogP contribution in [0.4, 0.5) is 5.69 Å². The summed E-state index contributed by atoms with van der Waals surface area (Å²) in [5.74, 6) is -0.0736. The van der Waals surface area contributed by atoms with Gasteiger partial charge in [0.2, 0.25) is 0 Å². The molecule has 1 aromatic rings. The Balaban J connectivity index is 0.00000180. The number of benzene rings is 1. The Morgan fingerprint density at radius 2 is 2.11 bits per heavy atom. The van der Waals surface area contributed by atoms with Crippen molar-refractivity contribution in [3.05, 3.63) is 29.8 Å². The molecule has 106 valence electrons. The molecule has 1 heterocycles. The van der Waals surface area contributed by atoms with E-state index in [1.165, 1.54) is 0 Å². The quantitative estimate of drug-likeness (QED) is 0.801. The summed E-state index contributed by atoms with van der Waals surface area (Å²) in [5, 5.41) is 2.90. The number of ether oxygens (including phenoxy) is 1. The average molecular weight is 286 g/mol. The summed E-state index contributed by atoms with van der Waals surface area (Å²) in [6.45, 7) is 4.94. The van der Waals surface area contributed by atoms with E-state index in [4.69, 9.17) is 10.5 Å². The number of amides is 1.